The molecule has 6 heteroatoms. The minimum Gasteiger partial charge on any atom is -0.396 e. The third kappa shape index (κ3) is 4.72. The predicted molar refractivity (Wildman–Crippen MR) is 135 cm³/mol. The number of unbranched alkanes of at least 4 members (excludes halogenated alkanes) is 1. The van der Waals surface area contributed by atoms with Crippen LogP contribution in [0.2, 0.25) is 0 Å². The number of aryl methyl sites for hydroxylation is 1. The average Bonchev–Trinajstić information content (AvgIpc) is 3.26. The average molecular weight is 455 g/mol. The first kappa shape index (κ1) is 23.3. The lowest BCUT2D eigenvalue weighted by Gasteiger charge is -2.38. The molecule has 0 unspecified atom stereocenters. The molecule has 0 aliphatic rings. The second-order valence-corrected chi connectivity index (χ2v) is 8.19. The largest absolute Gasteiger partial charge is 0.396 e. The zero-order valence-corrected chi connectivity index (χ0v) is 19.3. The van der Waals surface area contributed by atoms with E-state index in [0.29, 0.717) is 30.8 Å². The summed E-state index contributed by atoms with van der Waals surface area (Å²) in [6.07, 6.45) is 2.96. The molecule has 0 saturated carbocycles. The van der Waals surface area contributed by atoms with Crippen molar-refractivity contribution in [3.8, 4) is 0 Å². The maximum Gasteiger partial charge on any atom is 0.256 e. The van der Waals surface area contributed by atoms with Crippen LogP contribution >= 0.6 is 0 Å². The van der Waals surface area contributed by atoms with Crippen molar-refractivity contribution in [2.75, 3.05) is 18.5 Å². The smallest absolute Gasteiger partial charge is 0.256 e. The monoisotopic (exact) mass is 454 g/mol. The number of nitrogens with one attached hydrogen (secondary N) is 2. The van der Waals surface area contributed by atoms with Gasteiger partial charge in [0.25, 0.3) is 5.91 Å². The van der Waals surface area contributed by atoms with Gasteiger partial charge in [-0.1, -0.05) is 91.0 Å². The van der Waals surface area contributed by atoms with Crippen LogP contribution in [0.4, 0.5) is 5.82 Å². The minimum absolute atomic E-state index is 0.114. The van der Waals surface area contributed by atoms with E-state index in [1.165, 1.54) is 0 Å². The summed E-state index contributed by atoms with van der Waals surface area (Å²) >= 11 is 0. The highest BCUT2D eigenvalue weighted by molar-refractivity contribution is 5.99. The molecule has 6 nitrogen and oxygen atoms in total. The van der Waals surface area contributed by atoms with Gasteiger partial charge in [0.2, 0.25) is 0 Å². The van der Waals surface area contributed by atoms with Crippen LogP contribution in [0.15, 0.2) is 97.2 Å². The molecule has 3 N–H and O–H groups in total. The third-order valence-electron chi connectivity index (χ3n) is 5.98. The second kappa shape index (κ2) is 10.8. The molecule has 0 radical (unpaired) electrons. The maximum atomic E-state index is 13.1. The van der Waals surface area contributed by atoms with Crippen LogP contribution < -0.4 is 10.6 Å². The molecule has 0 saturated heterocycles. The van der Waals surface area contributed by atoms with Crippen molar-refractivity contribution in [2.24, 2.45) is 7.05 Å². The normalized spacial score (nSPS) is 11.2. The Morgan fingerprint density at radius 3 is 1.82 bits per heavy atom. The van der Waals surface area contributed by atoms with Crippen LogP contribution in [0.5, 0.6) is 0 Å². The minimum atomic E-state index is -0.760. The second-order valence-electron chi connectivity index (χ2n) is 8.19. The van der Waals surface area contributed by atoms with Crippen molar-refractivity contribution in [2.45, 2.75) is 18.4 Å². The number of amides is 1. The molecule has 0 fully saturated rings. The fourth-order valence-corrected chi connectivity index (χ4v) is 4.24. The lowest BCUT2D eigenvalue weighted by Crippen LogP contribution is -2.39. The van der Waals surface area contributed by atoms with Gasteiger partial charge >= 0.3 is 0 Å². The van der Waals surface area contributed by atoms with Gasteiger partial charge < -0.3 is 15.7 Å². The number of aliphatic hydroxyl groups is 1. The number of aliphatic hydroxyl groups excluding tert-OH is 1. The number of nitrogens with zero attached hydrogens (tertiary/aromatic N) is 2. The summed E-state index contributed by atoms with van der Waals surface area (Å²) in [5.41, 5.74) is 2.84. The number of anilines is 1. The zero-order valence-electron chi connectivity index (χ0n) is 19.3. The molecular formula is C28H30N4O2. The molecule has 0 aliphatic heterocycles. The number of aromatic nitrogens is 2. The Morgan fingerprint density at radius 1 is 0.853 bits per heavy atom. The van der Waals surface area contributed by atoms with Gasteiger partial charge in [0, 0.05) is 20.2 Å². The molecule has 1 heterocycles. The van der Waals surface area contributed by atoms with Crippen LogP contribution in [0.25, 0.3) is 0 Å². The van der Waals surface area contributed by atoms with Gasteiger partial charge in [0.15, 0.2) is 0 Å². The molecule has 0 spiro atoms. The molecule has 0 bridgehead atoms. The van der Waals surface area contributed by atoms with E-state index < -0.39 is 5.54 Å². The number of carbonyl (C=O) groups excluding carboxylic acids is 1. The van der Waals surface area contributed by atoms with Gasteiger partial charge in [-0.3, -0.25) is 9.48 Å². The highest BCUT2D eigenvalue weighted by atomic mass is 16.3. The number of rotatable bonds is 10. The third-order valence-corrected chi connectivity index (χ3v) is 5.98. The summed E-state index contributed by atoms with van der Waals surface area (Å²) in [5.74, 6) is 0.424. The Morgan fingerprint density at radius 2 is 1.35 bits per heavy atom. The number of benzene rings is 3. The van der Waals surface area contributed by atoms with E-state index in [1.54, 1.807) is 10.9 Å². The molecule has 0 atom stereocenters. The summed E-state index contributed by atoms with van der Waals surface area (Å²) in [5, 5.41) is 20.1. The van der Waals surface area contributed by atoms with Crippen molar-refractivity contribution in [1.82, 2.24) is 15.1 Å². The fourth-order valence-electron chi connectivity index (χ4n) is 4.24. The number of hydrogen-bond donors (Lipinski definition) is 3. The summed E-state index contributed by atoms with van der Waals surface area (Å²) in [4.78, 5) is 13.1. The highest BCUT2D eigenvalue weighted by Crippen LogP contribution is 2.40. The molecule has 4 aromatic rings. The Hall–Kier alpha value is -3.90. The first-order chi connectivity index (χ1) is 16.7. The molecule has 3 aromatic carbocycles. The summed E-state index contributed by atoms with van der Waals surface area (Å²) in [6, 6.07) is 30.7. The van der Waals surface area contributed by atoms with Crippen molar-refractivity contribution >= 4 is 11.7 Å². The Bertz CT molecular complexity index is 1090. The first-order valence-electron chi connectivity index (χ1n) is 11.5. The van der Waals surface area contributed by atoms with Crippen LogP contribution in [0.1, 0.15) is 39.9 Å². The van der Waals surface area contributed by atoms with Crippen molar-refractivity contribution < 1.29 is 9.90 Å². The molecule has 1 amide bonds. The van der Waals surface area contributed by atoms with Crippen LogP contribution in [-0.2, 0) is 12.6 Å². The topological polar surface area (TPSA) is 79.2 Å². The van der Waals surface area contributed by atoms with Gasteiger partial charge in [-0.2, -0.15) is 5.10 Å². The molecule has 1 aromatic heterocycles. The fraction of sp³-hybridized carbons (Fsp3) is 0.214. The summed E-state index contributed by atoms with van der Waals surface area (Å²) in [7, 11) is 1.83. The zero-order chi connectivity index (χ0) is 23.8. The maximum absolute atomic E-state index is 13.1. The lowest BCUT2D eigenvalue weighted by molar-refractivity contribution is 0.0952. The van der Waals surface area contributed by atoms with Crippen LogP contribution in [-0.4, -0.2) is 33.9 Å². The quantitative estimate of drug-likeness (QED) is 0.246. The Balaban J connectivity index is 1.84. The van der Waals surface area contributed by atoms with Crippen molar-refractivity contribution in [3.63, 3.8) is 0 Å². The van der Waals surface area contributed by atoms with Crippen LogP contribution in [0, 0.1) is 0 Å². The molecular weight excluding hydrogens is 424 g/mol. The summed E-state index contributed by atoms with van der Waals surface area (Å²) in [6.45, 7) is 0.609. The van der Waals surface area contributed by atoms with Crippen molar-refractivity contribution in [3.05, 3.63) is 119 Å². The van der Waals surface area contributed by atoms with E-state index in [4.69, 9.17) is 5.11 Å². The van der Waals surface area contributed by atoms with Crippen molar-refractivity contribution in [1.29, 1.82) is 0 Å². The standard InChI is InChI=1S/C28H30N4O2/c1-32-26(25(21-30-32)27(34)29-19-11-12-20-33)31-28(22-13-5-2-6-14-22,23-15-7-3-8-16-23)24-17-9-4-10-18-24/h2-10,13-18,21,31,33H,11-12,19-20H2,1H3,(H,29,34). The van der Waals surface area contributed by atoms with Gasteiger partial charge in [-0.05, 0) is 29.5 Å². The van der Waals surface area contributed by atoms with Gasteiger partial charge in [0.05, 0.1) is 6.20 Å². The van der Waals surface area contributed by atoms with E-state index in [-0.39, 0.29) is 12.5 Å². The van der Waals surface area contributed by atoms with Crippen LogP contribution in [0.3, 0.4) is 0 Å². The molecule has 34 heavy (non-hydrogen) atoms. The van der Waals surface area contributed by atoms with E-state index in [0.717, 1.165) is 16.7 Å². The predicted octanol–water partition coefficient (Wildman–Crippen LogP) is 4.33. The summed E-state index contributed by atoms with van der Waals surface area (Å²) < 4.78 is 1.70. The lowest BCUT2D eigenvalue weighted by atomic mass is 9.77. The molecule has 4 rings (SSSR count). The first-order valence-corrected chi connectivity index (χ1v) is 11.5. The van der Waals surface area contributed by atoms with E-state index >= 15 is 0 Å². The Kier molecular flexibility index (Phi) is 7.40. The molecule has 174 valence electrons. The van der Waals surface area contributed by atoms with Gasteiger partial charge in [0.1, 0.15) is 16.9 Å². The van der Waals surface area contributed by atoms with E-state index in [1.807, 2.05) is 61.6 Å². The molecule has 0 aliphatic carbocycles. The van der Waals surface area contributed by atoms with Gasteiger partial charge in [-0.15, -0.1) is 0 Å². The van der Waals surface area contributed by atoms with E-state index in [2.05, 4.69) is 52.1 Å². The SMILES string of the molecule is Cn1ncc(C(=O)NCCCCO)c1NC(c1ccccc1)(c1ccccc1)c1ccccc1. The van der Waals surface area contributed by atoms with E-state index in [9.17, 15) is 4.79 Å². The number of hydrogen-bond acceptors (Lipinski definition) is 4. The Labute approximate surface area is 200 Å². The van der Waals surface area contributed by atoms with Gasteiger partial charge in [-0.25, -0.2) is 0 Å². The highest BCUT2D eigenvalue weighted by Gasteiger charge is 2.38. The number of carbonyl (C=O) groups is 1.